The Bertz CT molecular complexity index is 621. The van der Waals surface area contributed by atoms with E-state index in [1.807, 2.05) is 18.2 Å². The Labute approximate surface area is 150 Å². The Morgan fingerprint density at radius 1 is 1.36 bits per heavy atom. The second-order valence-corrected chi connectivity index (χ2v) is 8.04. The van der Waals surface area contributed by atoms with Crippen molar-refractivity contribution in [2.75, 3.05) is 27.2 Å². The van der Waals surface area contributed by atoms with Crippen molar-refractivity contribution in [1.29, 1.82) is 0 Å². The van der Waals surface area contributed by atoms with E-state index in [0.29, 0.717) is 12.3 Å². The molecule has 1 saturated heterocycles. The predicted octanol–water partition coefficient (Wildman–Crippen LogP) is 3.15. The highest BCUT2D eigenvalue weighted by molar-refractivity contribution is 5.77. The van der Waals surface area contributed by atoms with Crippen molar-refractivity contribution in [3.8, 4) is 11.5 Å². The molecule has 1 N–H and O–H groups in total. The molecule has 1 atom stereocenters. The van der Waals surface area contributed by atoms with Crippen LogP contribution in [0, 0.1) is 5.92 Å². The van der Waals surface area contributed by atoms with Crippen molar-refractivity contribution in [3.63, 3.8) is 0 Å². The third-order valence-electron chi connectivity index (χ3n) is 5.32. The molecule has 2 aliphatic heterocycles. The zero-order valence-corrected chi connectivity index (χ0v) is 15.8. The molecule has 1 amide bonds. The van der Waals surface area contributed by atoms with Crippen LogP contribution in [0.1, 0.15) is 51.1 Å². The quantitative estimate of drug-likeness (QED) is 0.910. The number of fused-ring (bicyclic) bond motifs is 1. The van der Waals surface area contributed by atoms with Crippen molar-refractivity contribution >= 4 is 5.91 Å². The molecule has 5 nitrogen and oxygen atoms in total. The van der Waals surface area contributed by atoms with Crippen LogP contribution in [0.4, 0.5) is 0 Å². The van der Waals surface area contributed by atoms with Gasteiger partial charge in [0.25, 0.3) is 0 Å². The fourth-order valence-electron chi connectivity index (χ4n) is 3.87. The molecule has 0 radical (unpaired) electrons. The number of piperidine rings is 1. The van der Waals surface area contributed by atoms with Crippen molar-refractivity contribution < 1.29 is 14.3 Å². The number of carbonyl (C=O) groups is 1. The van der Waals surface area contributed by atoms with Crippen LogP contribution >= 0.6 is 0 Å². The summed E-state index contributed by atoms with van der Waals surface area (Å²) in [7, 11) is 3.80. The maximum Gasteiger partial charge on any atom is 0.220 e. The Morgan fingerprint density at radius 2 is 2.08 bits per heavy atom. The van der Waals surface area contributed by atoms with Gasteiger partial charge in [0, 0.05) is 18.4 Å². The van der Waals surface area contributed by atoms with E-state index < -0.39 is 0 Å². The number of benzene rings is 1. The third kappa shape index (κ3) is 4.46. The molecule has 0 aromatic heterocycles. The van der Waals surface area contributed by atoms with E-state index in [9.17, 15) is 4.79 Å². The van der Waals surface area contributed by atoms with E-state index in [-0.39, 0.29) is 17.6 Å². The van der Waals surface area contributed by atoms with Gasteiger partial charge in [-0.25, -0.2) is 0 Å². The molecule has 2 heterocycles. The average Bonchev–Trinajstić information content (AvgIpc) is 2.55. The molecule has 1 aromatic carbocycles. The van der Waals surface area contributed by atoms with Gasteiger partial charge in [-0.2, -0.15) is 0 Å². The minimum absolute atomic E-state index is 0.0346. The summed E-state index contributed by atoms with van der Waals surface area (Å²) in [5, 5.41) is 3.25. The monoisotopic (exact) mass is 346 g/mol. The van der Waals surface area contributed by atoms with Crippen molar-refractivity contribution in [2.24, 2.45) is 5.92 Å². The van der Waals surface area contributed by atoms with Gasteiger partial charge in [0.15, 0.2) is 0 Å². The lowest BCUT2D eigenvalue weighted by molar-refractivity contribution is -0.123. The van der Waals surface area contributed by atoms with Crippen molar-refractivity contribution in [3.05, 3.63) is 23.8 Å². The number of amides is 1. The number of hydrogen-bond donors (Lipinski definition) is 1. The predicted molar refractivity (Wildman–Crippen MR) is 98.0 cm³/mol. The average molecular weight is 346 g/mol. The first kappa shape index (κ1) is 18.1. The Hall–Kier alpha value is -1.75. The van der Waals surface area contributed by atoms with Crippen LogP contribution in [0.25, 0.3) is 0 Å². The highest BCUT2D eigenvalue weighted by Gasteiger charge is 2.35. The molecule has 0 aliphatic carbocycles. The summed E-state index contributed by atoms with van der Waals surface area (Å²) in [6.45, 7) is 6.30. The minimum atomic E-state index is -0.299. The molecular formula is C20H30N2O3. The number of hydrogen-bond acceptors (Lipinski definition) is 4. The summed E-state index contributed by atoms with van der Waals surface area (Å²) in [6.07, 6.45) is 3.58. The number of likely N-dealkylation sites (tertiary alicyclic amines) is 1. The molecule has 0 spiro atoms. The number of nitrogens with one attached hydrogen (secondary N) is 1. The fourth-order valence-corrected chi connectivity index (χ4v) is 3.87. The minimum Gasteiger partial charge on any atom is -0.497 e. The van der Waals surface area contributed by atoms with Crippen LogP contribution in [0.5, 0.6) is 11.5 Å². The third-order valence-corrected chi connectivity index (χ3v) is 5.32. The zero-order chi connectivity index (χ0) is 18.0. The van der Waals surface area contributed by atoms with Gasteiger partial charge in [0.2, 0.25) is 5.91 Å². The van der Waals surface area contributed by atoms with E-state index in [1.165, 1.54) is 0 Å². The van der Waals surface area contributed by atoms with Crippen LogP contribution in [0.3, 0.4) is 0 Å². The Kier molecular flexibility index (Phi) is 5.23. The van der Waals surface area contributed by atoms with Crippen molar-refractivity contribution in [1.82, 2.24) is 10.2 Å². The van der Waals surface area contributed by atoms with E-state index in [0.717, 1.165) is 49.4 Å². The Balaban J connectivity index is 1.69. The first-order chi connectivity index (χ1) is 11.9. The summed E-state index contributed by atoms with van der Waals surface area (Å²) in [5.74, 6) is 2.26. The van der Waals surface area contributed by atoms with Crippen LogP contribution in [-0.2, 0) is 4.79 Å². The van der Waals surface area contributed by atoms with Crippen molar-refractivity contribution in [2.45, 2.75) is 51.2 Å². The molecule has 5 heteroatoms. The summed E-state index contributed by atoms with van der Waals surface area (Å²) in [4.78, 5) is 15.0. The van der Waals surface area contributed by atoms with E-state index >= 15 is 0 Å². The van der Waals surface area contributed by atoms with Gasteiger partial charge < -0.3 is 19.7 Å². The number of ether oxygens (including phenoxy) is 2. The van der Waals surface area contributed by atoms with E-state index in [4.69, 9.17) is 9.47 Å². The van der Waals surface area contributed by atoms with Crippen LogP contribution in [0.15, 0.2) is 18.2 Å². The van der Waals surface area contributed by atoms with Gasteiger partial charge in [0.1, 0.15) is 17.1 Å². The SMILES string of the molecule is COc1ccc2c(c1)[C@H](NC(=O)CC1CCN(C)CC1)CC(C)(C)O2. The van der Waals surface area contributed by atoms with Crippen LogP contribution < -0.4 is 14.8 Å². The first-order valence-electron chi connectivity index (χ1n) is 9.21. The highest BCUT2D eigenvalue weighted by atomic mass is 16.5. The van der Waals surface area contributed by atoms with Gasteiger partial charge >= 0.3 is 0 Å². The van der Waals surface area contributed by atoms with E-state index in [1.54, 1.807) is 7.11 Å². The van der Waals surface area contributed by atoms with Crippen LogP contribution in [0.2, 0.25) is 0 Å². The molecule has 0 saturated carbocycles. The number of rotatable bonds is 4. The topological polar surface area (TPSA) is 50.8 Å². The second-order valence-electron chi connectivity index (χ2n) is 8.04. The molecule has 0 unspecified atom stereocenters. The molecule has 1 aromatic rings. The molecule has 138 valence electrons. The van der Waals surface area contributed by atoms with Gasteiger partial charge in [-0.1, -0.05) is 0 Å². The molecule has 25 heavy (non-hydrogen) atoms. The summed E-state index contributed by atoms with van der Waals surface area (Å²) >= 11 is 0. The lowest BCUT2D eigenvalue weighted by Crippen LogP contribution is -2.42. The van der Waals surface area contributed by atoms with Crippen LogP contribution in [-0.4, -0.2) is 43.7 Å². The second kappa shape index (κ2) is 7.24. The normalized spacial score (nSPS) is 23.4. The lowest BCUT2D eigenvalue weighted by atomic mass is 9.88. The fraction of sp³-hybridized carbons (Fsp3) is 0.650. The highest BCUT2D eigenvalue weighted by Crippen LogP contribution is 2.41. The summed E-state index contributed by atoms with van der Waals surface area (Å²) in [6, 6.07) is 5.78. The lowest BCUT2D eigenvalue weighted by Gasteiger charge is -2.38. The molecular weight excluding hydrogens is 316 g/mol. The smallest absolute Gasteiger partial charge is 0.220 e. The number of nitrogens with zero attached hydrogens (tertiary/aromatic N) is 1. The largest absolute Gasteiger partial charge is 0.497 e. The number of methoxy groups -OCH3 is 1. The Morgan fingerprint density at radius 3 is 2.76 bits per heavy atom. The van der Waals surface area contributed by atoms with Gasteiger partial charge in [-0.15, -0.1) is 0 Å². The molecule has 3 rings (SSSR count). The molecule has 0 bridgehead atoms. The van der Waals surface area contributed by atoms with E-state index in [2.05, 4.69) is 31.1 Å². The van der Waals surface area contributed by atoms with Gasteiger partial charge in [-0.3, -0.25) is 4.79 Å². The summed E-state index contributed by atoms with van der Waals surface area (Å²) in [5.41, 5.74) is 0.711. The summed E-state index contributed by atoms with van der Waals surface area (Å²) < 4.78 is 11.4. The zero-order valence-electron chi connectivity index (χ0n) is 15.8. The van der Waals surface area contributed by atoms with Gasteiger partial charge in [0.05, 0.1) is 13.2 Å². The first-order valence-corrected chi connectivity index (χ1v) is 9.21. The molecule has 2 aliphatic rings. The molecule has 1 fully saturated rings. The maximum atomic E-state index is 12.6. The van der Waals surface area contributed by atoms with Gasteiger partial charge in [-0.05, 0) is 70.9 Å². The standard InChI is InChI=1S/C20H30N2O3/c1-20(2)13-17(16-12-15(24-4)5-6-18(16)25-20)21-19(23)11-14-7-9-22(3)10-8-14/h5-6,12,14,17H,7-11,13H2,1-4H3,(H,21,23)/t17-/m1/s1. The maximum absolute atomic E-state index is 12.6. The number of carbonyl (C=O) groups excluding carboxylic acids is 1.